The fraction of sp³-hybridized carbons (Fsp3) is 0.846. The molecule has 1 heterocycles. The number of hydrogen-bond acceptors (Lipinski definition) is 4. The van der Waals surface area contributed by atoms with E-state index in [0.717, 1.165) is 25.7 Å². The summed E-state index contributed by atoms with van der Waals surface area (Å²) in [6, 6.07) is -0.288. The Morgan fingerprint density at radius 2 is 2.10 bits per heavy atom. The van der Waals surface area contributed by atoms with Gasteiger partial charge in [0.25, 0.3) is 0 Å². The Kier molecular flexibility index (Phi) is 5.15. The summed E-state index contributed by atoms with van der Waals surface area (Å²) in [5.41, 5.74) is 0. The van der Waals surface area contributed by atoms with Crippen molar-refractivity contribution in [2.75, 3.05) is 5.75 Å². The standard InChI is InChI=1S/C13H24N4O2S/c1-3-12(13-14-10-15-17(13)4-2)16-20(18,19)9-11-7-5-6-8-11/h10-12,16H,3-9H2,1-2H3/t12-/m0/s1. The van der Waals surface area contributed by atoms with Crippen molar-refractivity contribution in [3.63, 3.8) is 0 Å². The van der Waals surface area contributed by atoms with Crippen LogP contribution in [0, 0.1) is 5.92 Å². The van der Waals surface area contributed by atoms with Crippen molar-refractivity contribution < 1.29 is 8.42 Å². The summed E-state index contributed by atoms with van der Waals surface area (Å²) in [5.74, 6) is 1.25. The number of sulfonamides is 1. The zero-order valence-electron chi connectivity index (χ0n) is 12.2. The fourth-order valence-electron chi connectivity index (χ4n) is 2.86. The largest absolute Gasteiger partial charge is 0.249 e. The number of nitrogens with one attached hydrogen (secondary N) is 1. The van der Waals surface area contributed by atoms with E-state index in [1.165, 1.54) is 6.33 Å². The van der Waals surface area contributed by atoms with Gasteiger partial charge in [0.1, 0.15) is 12.2 Å². The lowest BCUT2D eigenvalue weighted by molar-refractivity contribution is 0.494. The van der Waals surface area contributed by atoms with Crippen molar-refractivity contribution in [1.29, 1.82) is 0 Å². The van der Waals surface area contributed by atoms with Gasteiger partial charge in [-0.25, -0.2) is 22.8 Å². The second kappa shape index (κ2) is 6.67. The van der Waals surface area contributed by atoms with E-state index in [2.05, 4.69) is 14.8 Å². The minimum atomic E-state index is -3.26. The van der Waals surface area contributed by atoms with E-state index in [1.807, 2.05) is 13.8 Å². The van der Waals surface area contributed by atoms with Crippen LogP contribution in [0.4, 0.5) is 0 Å². The molecular formula is C13H24N4O2S. The van der Waals surface area contributed by atoms with Crippen LogP contribution in [-0.4, -0.2) is 28.9 Å². The lowest BCUT2D eigenvalue weighted by Crippen LogP contribution is -2.34. The Bertz CT molecular complexity index is 520. The molecule has 0 radical (unpaired) electrons. The van der Waals surface area contributed by atoms with Gasteiger partial charge in [-0.2, -0.15) is 5.10 Å². The molecule has 7 heteroatoms. The Labute approximate surface area is 121 Å². The maximum absolute atomic E-state index is 12.3. The molecule has 0 aromatic carbocycles. The first-order valence-corrected chi connectivity index (χ1v) is 9.08. The normalized spacial score (nSPS) is 18.5. The molecule has 1 aromatic heterocycles. The van der Waals surface area contributed by atoms with Gasteiger partial charge in [0.2, 0.25) is 10.0 Å². The van der Waals surface area contributed by atoms with Crippen molar-refractivity contribution in [1.82, 2.24) is 19.5 Å². The van der Waals surface area contributed by atoms with Crippen LogP contribution in [0.1, 0.15) is 57.8 Å². The molecule has 0 saturated heterocycles. The highest BCUT2D eigenvalue weighted by Gasteiger charge is 2.26. The van der Waals surface area contributed by atoms with Gasteiger partial charge in [0.05, 0.1) is 11.8 Å². The highest BCUT2D eigenvalue weighted by Crippen LogP contribution is 2.26. The topological polar surface area (TPSA) is 76.9 Å². The molecule has 0 unspecified atom stereocenters. The Morgan fingerprint density at radius 3 is 2.70 bits per heavy atom. The quantitative estimate of drug-likeness (QED) is 0.834. The maximum Gasteiger partial charge on any atom is 0.212 e. The molecule has 1 saturated carbocycles. The first kappa shape index (κ1) is 15.4. The van der Waals surface area contributed by atoms with Gasteiger partial charge < -0.3 is 0 Å². The second-order valence-electron chi connectivity index (χ2n) is 5.44. The SMILES string of the molecule is CC[C@H](NS(=O)(=O)CC1CCCC1)c1ncnn1CC. The Hall–Kier alpha value is -0.950. The van der Waals surface area contributed by atoms with Crippen LogP contribution in [0.2, 0.25) is 0 Å². The van der Waals surface area contributed by atoms with Gasteiger partial charge in [-0.05, 0) is 32.1 Å². The molecule has 1 atom stereocenters. The molecule has 0 spiro atoms. The second-order valence-corrected chi connectivity index (χ2v) is 7.24. The predicted octanol–water partition coefficient (Wildman–Crippen LogP) is 1.86. The highest BCUT2D eigenvalue weighted by atomic mass is 32.2. The third-order valence-corrected chi connectivity index (χ3v) is 5.47. The fourth-order valence-corrected chi connectivity index (χ4v) is 4.61. The molecule has 20 heavy (non-hydrogen) atoms. The summed E-state index contributed by atoms with van der Waals surface area (Å²) in [7, 11) is -3.26. The first-order chi connectivity index (χ1) is 9.55. The van der Waals surface area contributed by atoms with Crippen molar-refractivity contribution in [2.45, 2.75) is 58.5 Å². The van der Waals surface area contributed by atoms with E-state index in [4.69, 9.17) is 0 Å². The van der Waals surface area contributed by atoms with E-state index in [-0.39, 0.29) is 11.8 Å². The maximum atomic E-state index is 12.3. The van der Waals surface area contributed by atoms with Crippen molar-refractivity contribution in [2.24, 2.45) is 5.92 Å². The van der Waals surface area contributed by atoms with Crippen LogP contribution in [0.3, 0.4) is 0 Å². The molecule has 1 N–H and O–H groups in total. The molecule has 0 bridgehead atoms. The summed E-state index contributed by atoms with van der Waals surface area (Å²) < 4.78 is 29.1. The monoisotopic (exact) mass is 300 g/mol. The van der Waals surface area contributed by atoms with Crippen molar-refractivity contribution in [3.8, 4) is 0 Å². The third kappa shape index (κ3) is 3.79. The average Bonchev–Trinajstić information content (AvgIpc) is 3.05. The number of nitrogens with zero attached hydrogens (tertiary/aromatic N) is 3. The number of hydrogen-bond donors (Lipinski definition) is 1. The molecule has 0 amide bonds. The van der Waals surface area contributed by atoms with E-state index < -0.39 is 10.0 Å². The molecule has 1 aromatic rings. The van der Waals surface area contributed by atoms with Crippen molar-refractivity contribution in [3.05, 3.63) is 12.2 Å². The minimum Gasteiger partial charge on any atom is -0.249 e. The lowest BCUT2D eigenvalue weighted by Gasteiger charge is -2.18. The summed E-state index contributed by atoms with van der Waals surface area (Å²) in [5, 5.41) is 4.11. The van der Waals surface area contributed by atoms with Crippen LogP contribution in [0.5, 0.6) is 0 Å². The van der Waals surface area contributed by atoms with Crippen LogP contribution < -0.4 is 4.72 Å². The van der Waals surface area contributed by atoms with E-state index in [0.29, 0.717) is 24.7 Å². The molecule has 1 fully saturated rings. The highest BCUT2D eigenvalue weighted by molar-refractivity contribution is 7.89. The van der Waals surface area contributed by atoms with Crippen LogP contribution in [0.25, 0.3) is 0 Å². The van der Waals surface area contributed by atoms with Crippen LogP contribution in [0.15, 0.2) is 6.33 Å². The third-order valence-electron chi connectivity index (χ3n) is 3.92. The van der Waals surface area contributed by atoms with Crippen LogP contribution in [-0.2, 0) is 16.6 Å². The minimum absolute atomic E-state index is 0.240. The summed E-state index contributed by atoms with van der Waals surface area (Å²) in [4.78, 5) is 4.20. The number of aryl methyl sites for hydroxylation is 1. The zero-order chi connectivity index (χ0) is 14.6. The molecule has 1 aliphatic carbocycles. The van der Waals surface area contributed by atoms with Gasteiger partial charge in [-0.15, -0.1) is 0 Å². The molecule has 2 rings (SSSR count). The molecule has 6 nitrogen and oxygen atoms in total. The van der Waals surface area contributed by atoms with Crippen molar-refractivity contribution >= 4 is 10.0 Å². The van der Waals surface area contributed by atoms with Gasteiger partial charge in [-0.3, -0.25) is 0 Å². The van der Waals surface area contributed by atoms with Gasteiger partial charge in [0.15, 0.2) is 0 Å². The molecule has 1 aliphatic rings. The van der Waals surface area contributed by atoms with Gasteiger partial charge >= 0.3 is 0 Å². The Balaban J connectivity index is 2.05. The predicted molar refractivity (Wildman–Crippen MR) is 77.6 cm³/mol. The molecular weight excluding hydrogens is 276 g/mol. The summed E-state index contributed by atoms with van der Waals surface area (Å²) >= 11 is 0. The van der Waals surface area contributed by atoms with Gasteiger partial charge in [0, 0.05) is 6.54 Å². The zero-order valence-corrected chi connectivity index (χ0v) is 13.1. The number of aromatic nitrogens is 3. The first-order valence-electron chi connectivity index (χ1n) is 7.43. The smallest absolute Gasteiger partial charge is 0.212 e. The van der Waals surface area contributed by atoms with Gasteiger partial charge in [-0.1, -0.05) is 19.8 Å². The summed E-state index contributed by atoms with van der Waals surface area (Å²) in [6.45, 7) is 4.62. The molecule has 114 valence electrons. The average molecular weight is 300 g/mol. The van der Waals surface area contributed by atoms with Crippen LogP contribution >= 0.6 is 0 Å². The lowest BCUT2D eigenvalue weighted by atomic mass is 10.1. The van der Waals surface area contributed by atoms with E-state index in [1.54, 1.807) is 4.68 Å². The number of rotatable bonds is 7. The Morgan fingerprint density at radius 1 is 1.40 bits per heavy atom. The van der Waals surface area contributed by atoms with E-state index in [9.17, 15) is 8.42 Å². The van der Waals surface area contributed by atoms with E-state index >= 15 is 0 Å². The molecule has 0 aliphatic heterocycles. The summed E-state index contributed by atoms with van der Waals surface area (Å²) in [6.07, 6.45) is 6.52.